The van der Waals surface area contributed by atoms with E-state index in [2.05, 4.69) is 5.10 Å². The van der Waals surface area contributed by atoms with Crippen LogP contribution in [0.2, 0.25) is 0 Å². The van der Waals surface area contributed by atoms with Crippen molar-refractivity contribution in [2.24, 2.45) is 0 Å². The molecule has 34 heavy (non-hydrogen) atoms. The van der Waals surface area contributed by atoms with Crippen molar-refractivity contribution in [2.45, 2.75) is 45.6 Å². The van der Waals surface area contributed by atoms with E-state index in [4.69, 9.17) is 4.74 Å². The molecule has 2 aromatic carbocycles. The molecule has 1 aromatic heterocycles. The first-order valence-electron chi connectivity index (χ1n) is 12.0. The lowest BCUT2D eigenvalue weighted by Gasteiger charge is -2.37. The Balaban J connectivity index is 1.41. The van der Waals surface area contributed by atoms with E-state index in [0.29, 0.717) is 11.4 Å². The summed E-state index contributed by atoms with van der Waals surface area (Å²) >= 11 is 0. The van der Waals surface area contributed by atoms with E-state index in [1.54, 1.807) is 4.90 Å². The number of benzene rings is 2. The summed E-state index contributed by atoms with van der Waals surface area (Å²) in [5.41, 5.74) is 4.36. The van der Waals surface area contributed by atoms with Gasteiger partial charge in [0.2, 0.25) is 5.91 Å². The average Bonchev–Trinajstić information content (AvgIpc) is 3.17. The maximum atomic E-state index is 13.6. The molecule has 176 valence electrons. The van der Waals surface area contributed by atoms with Crippen LogP contribution in [0.3, 0.4) is 0 Å². The van der Waals surface area contributed by atoms with Crippen LogP contribution in [0.4, 0.5) is 5.69 Å². The number of carbonyl (C=O) groups excluding carboxylic acids is 2. The summed E-state index contributed by atoms with van der Waals surface area (Å²) in [5.74, 6) is 0.480. The third-order valence-electron chi connectivity index (χ3n) is 6.79. The molecular formula is C27H30N4O3. The molecule has 7 heteroatoms. The van der Waals surface area contributed by atoms with E-state index in [1.807, 2.05) is 78.0 Å². The Labute approximate surface area is 199 Å². The fraction of sp³-hybridized carbons (Fsp3) is 0.370. The predicted molar refractivity (Wildman–Crippen MR) is 130 cm³/mol. The second-order valence-electron chi connectivity index (χ2n) is 9.04. The molecule has 2 aliphatic rings. The Morgan fingerprint density at radius 1 is 0.971 bits per heavy atom. The average molecular weight is 459 g/mol. The van der Waals surface area contributed by atoms with Crippen molar-refractivity contribution >= 4 is 17.5 Å². The fourth-order valence-electron chi connectivity index (χ4n) is 4.92. The van der Waals surface area contributed by atoms with Gasteiger partial charge < -0.3 is 14.5 Å². The zero-order valence-corrected chi connectivity index (χ0v) is 19.7. The van der Waals surface area contributed by atoms with E-state index in [1.165, 1.54) is 0 Å². The fourth-order valence-corrected chi connectivity index (χ4v) is 4.92. The molecule has 2 aliphatic heterocycles. The van der Waals surface area contributed by atoms with Crippen LogP contribution in [0.15, 0.2) is 54.6 Å². The van der Waals surface area contributed by atoms with Crippen molar-refractivity contribution in [3.63, 3.8) is 0 Å². The maximum Gasteiger partial charge on any atom is 0.265 e. The summed E-state index contributed by atoms with van der Waals surface area (Å²) in [6.07, 6.45) is 2.71. The van der Waals surface area contributed by atoms with Crippen molar-refractivity contribution in [1.82, 2.24) is 14.7 Å². The molecule has 1 fully saturated rings. The summed E-state index contributed by atoms with van der Waals surface area (Å²) < 4.78 is 7.97. The quantitative estimate of drug-likeness (QED) is 0.596. The number of hydrogen-bond acceptors (Lipinski definition) is 4. The minimum atomic E-state index is -0.689. The van der Waals surface area contributed by atoms with E-state index in [-0.39, 0.29) is 24.8 Å². The summed E-state index contributed by atoms with van der Waals surface area (Å²) in [6, 6.07) is 17.4. The van der Waals surface area contributed by atoms with Crippen LogP contribution >= 0.6 is 0 Å². The Kier molecular flexibility index (Phi) is 6.09. The number of likely N-dealkylation sites (tertiary alicyclic amines) is 1. The number of carbonyl (C=O) groups is 2. The summed E-state index contributed by atoms with van der Waals surface area (Å²) in [5, 5.41) is 4.69. The summed E-state index contributed by atoms with van der Waals surface area (Å²) in [4.78, 5) is 30.4. The Morgan fingerprint density at radius 2 is 1.68 bits per heavy atom. The lowest BCUT2D eigenvalue weighted by Crippen LogP contribution is -2.53. The number of amides is 2. The van der Waals surface area contributed by atoms with Crippen LogP contribution in [-0.4, -0.2) is 52.2 Å². The van der Waals surface area contributed by atoms with E-state index >= 15 is 0 Å². The number of rotatable bonds is 4. The molecule has 0 N–H and O–H groups in total. The Bertz CT molecular complexity index is 1200. The van der Waals surface area contributed by atoms with E-state index in [0.717, 1.165) is 55.0 Å². The molecule has 3 heterocycles. The van der Waals surface area contributed by atoms with E-state index < -0.39 is 6.10 Å². The first-order valence-corrected chi connectivity index (χ1v) is 12.0. The number of anilines is 1. The van der Waals surface area contributed by atoms with Gasteiger partial charge in [0.05, 0.1) is 30.0 Å². The number of fused-ring (bicyclic) bond motifs is 1. The standard InChI is InChI=1S/C27H30N4O3/c1-19-22(20(2)31(28-19)21-11-5-3-6-12-21)17-26(32)30-18-25(27(33)29-15-9-4-10-16-29)34-24-14-8-7-13-23(24)30/h3,5-8,11-14,25H,4,9-10,15-18H2,1-2H3/t25-/m1/s1. The number of hydrogen-bond donors (Lipinski definition) is 0. The van der Waals surface area contributed by atoms with Crippen molar-refractivity contribution in [3.05, 3.63) is 71.5 Å². The molecule has 1 atom stereocenters. The highest BCUT2D eigenvalue weighted by molar-refractivity contribution is 5.98. The largest absolute Gasteiger partial charge is 0.476 e. The zero-order chi connectivity index (χ0) is 23.7. The molecule has 1 saturated heterocycles. The van der Waals surface area contributed by atoms with Gasteiger partial charge in [-0.15, -0.1) is 0 Å². The van der Waals surface area contributed by atoms with Gasteiger partial charge in [-0.25, -0.2) is 4.68 Å². The van der Waals surface area contributed by atoms with Crippen LogP contribution in [0.1, 0.15) is 36.2 Å². The van der Waals surface area contributed by atoms with Crippen molar-refractivity contribution in [3.8, 4) is 11.4 Å². The number of ether oxygens (including phenoxy) is 1. The first-order chi connectivity index (χ1) is 16.5. The molecule has 2 amide bonds. The number of nitrogens with zero attached hydrogens (tertiary/aromatic N) is 4. The van der Waals surface area contributed by atoms with Crippen molar-refractivity contribution < 1.29 is 14.3 Å². The van der Waals surface area contributed by atoms with Gasteiger partial charge in [-0.05, 0) is 57.4 Å². The first kappa shape index (κ1) is 22.2. The Morgan fingerprint density at radius 3 is 2.44 bits per heavy atom. The predicted octanol–water partition coefficient (Wildman–Crippen LogP) is 3.84. The number of aromatic nitrogens is 2. The third-order valence-corrected chi connectivity index (χ3v) is 6.79. The smallest absolute Gasteiger partial charge is 0.265 e. The molecule has 7 nitrogen and oxygen atoms in total. The van der Waals surface area contributed by atoms with E-state index in [9.17, 15) is 9.59 Å². The van der Waals surface area contributed by atoms with Crippen LogP contribution < -0.4 is 9.64 Å². The SMILES string of the molecule is Cc1nn(-c2ccccc2)c(C)c1CC(=O)N1C[C@H](C(=O)N2CCCCC2)Oc2ccccc21. The van der Waals surface area contributed by atoms with Gasteiger partial charge >= 0.3 is 0 Å². The number of para-hydroxylation sites is 3. The van der Waals surface area contributed by atoms with Gasteiger partial charge in [0.15, 0.2) is 6.10 Å². The molecule has 3 aromatic rings. The molecule has 0 saturated carbocycles. The van der Waals surface area contributed by atoms with Gasteiger partial charge in [0.25, 0.3) is 5.91 Å². The van der Waals surface area contributed by atoms with Crippen LogP contribution in [0.25, 0.3) is 5.69 Å². The van der Waals surface area contributed by atoms with Gasteiger partial charge in [0, 0.05) is 24.3 Å². The molecule has 0 bridgehead atoms. The molecular weight excluding hydrogens is 428 g/mol. The lowest BCUT2D eigenvalue weighted by molar-refractivity contribution is -0.139. The lowest BCUT2D eigenvalue weighted by atomic mass is 10.1. The van der Waals surface area contributed by atoms with Crippen molar-refractivity contribution in [1.29, 1.82) is 0 Å². The normalized spacial score (nSPS) is 17.8. The summed E-state index contributed by atoms with van der Waals surface area (Å²) in [6.45, 7) is 5.66. The van der Waals surface area contributed by atoms with Gasteiger partial charge in [0.1, 0.15) is 5.75 Å². The molecule has 5 rings (SSSR count). The molecule has 0 unspecified atom stereocenters. The molecule has 0 radical (unpaired) electrons. The van der Waals surface area contributed by atoms with Crippen LogP contribution in [0.5, 0.6) is 5.75 Å². The van der Waals surface area contributed by atoms with Gasteiger partial charge in [-0.3, -0.25) is 9.59 Å². The second-order valence-corrected chi connectivity index (χ2v) is 9.04. The minimum Gasteiger partial charge on any atom is -0.476 e. The number of aryl methyl sites for hydroxylation is 1. The summed E-state index contributed by atoms with van der Waals surface area (Å²) in [7, 11) is 0. The van der Waals surface area contributed by atoms with Gasteiger partial charge in [-0.2, -0.15) is 5.10 Å². The van der Waals surface area contributed by atoms with Crippen LogP contribution in [-0.2, 0) is 16.0 Å². The maximum absolute atomic E-state index is 13.6. The highest BCUT2D eigenvalue weighted by Crippen LogP contribution is 2.34. The third kappa shape index (κ3) is 4.18. The number of piperidine rings is 1. The highest BCUT2D eigenvalue weighted by Gasteiger charge is 2.36. The monoisotopic (exact) mass is 458 g/mol. The topological polar surface area (TPSA) is 67.7 Å². The second kappa shape index (κ2) is 9.33. The van der Waals surface area contributed by atoms with Crippen LogP contribution in [0, 0.1) is 13.8 Å². The Hall–Kier alpha value is -3.61. The molecule has 0 aliphatic carbocycles. The zero-order valence-electron chi connectivity index (χ0n) is 19.7. The molecule has 0 spiro atoms. The minimum absolute atomic E-state index is 0.0312. The van der Waals surface area contributed by atoms with Crippen molar-refractivity contribution in [2.75, 3.05) is 24.5 Å². The van der Waals surface area contributed by atoms with Gasteiger partial charge in [-0.1, -0.05) is 30.3 Å². The highest BCUT2D eigenvalue weighted by atomic mass is 16.5.